The molecular weight excluding hydrogens is 1130 g/mol. The predicted octanol–water partition coefficient (Wildman–Crippen LogP) is 1.32. The maximum atomic E-state index is 14.4. The molecule has 462 valence electrons. The number of para-hydroxylation sites is 1. The summed E-state index contributed by atoms with van der Waals surface area (Å²) in [5.74, 6) is -12.5. The Morgan fingerprint density at radius 2 is 1.11 bits per heavy atom. The van der Waals surface area contributed by atoms with Gasteiger partial charge in [-0.25, -0.2) is 4.79 Å². The van der Waals surface area contributed by atoms with Crippen LogP contribution in [0.3, 0.4) is 0 Å². The first-order chi connectivity index (χ1) is 40.0. The molecule has 0 fully saturated rings. The number of aliphatic carboxylic acids is 2. The molecule has 28 nitrogen and oxygen atoms in total. The Labute approximate surface area is 490 Å². The number of carboxylic acid groups (broad SMARTS) is 2. The fourth-order valence-electron chi connectivity index (χ4n) is 8.55. The van der Waals surface area contributed by atoms with Crippen LogP contribution in [0.25, 0.3) is 10.9 Å². The second-order valence-electron chi connectivity index (χ2n) is 20.8. The summed E-state index contributed by atoms with van der Waals surface area (Å²) in [6.07, 6.45) is -1.91. The normalized spacial score (nSPS) is 13.8. The smallest absolute Gasteiger partial charge is 0.446 e. The number of carbonyl (C=O) groups is 11. The summed E-state index contributed by atoms with van der Waals surface area (Å²) in [5, 5.41) is 39.8. The highest BCUT2D eigenvalue weighted by molar-refractivity contribution is 7.81. The number of rotatable bonds is 34. The Morgan fingerprint density at radius 1 is 0.588 bits per heavy atom. The molecular formula is C56H74N10O18S. The standard InChI is InChI=1S/C56H74N10O18S/c1-6-8-18-39(61-52(76)41(26-33-21-23-35(24-22-33)84-85(80,81)82)63-54(78)43(28-46(68)69)64-55(79)83-56(3,4)5)50(74)59-31-45(67)60-42(27-34-30-58-38-20-14-13-17-36(34)38)53(77)62-40(19-9-7-2)51(75)66-44(29-47(70)71)65-49(73)37(48(57)72)25-32-15-11-10-12-16-32/h10-17,20-24,30,37,39-44,58H,6-9,18-19,25-29,31H2,1-5H3,(H2,57,72)(H,59,74)(H,60,67)(H,61,76)(H,62,77)(H,63,78)(H,64,79)(H,65,73)(H,66,75)(H,68,69)(H,70,71)(H,80,81,82)/t37-,39-,40-,41-,42+,43?,44+/m0/s1. The Bertz CT molecular complexity index is 3120. The van der Waals surface area contributed by atoms with Crippen LogP contribution in [0.2, 0.25) is 0 Å². The minimum absolute atomic E-state index is 0.00310. The molecule has 1 aromatic heterocycles. The van der Waals surface area contributed by atoms with Crippen molar-refractivity contribution in [1.82, 2.24) is 47.5 Å². The number of primary amides is 1. The van der Waals surface area contributed by atoms with Crippen LogP contribution in [0.4, 0.5) is 4.79 Å². The van der Waals surface area contributed by atoms with Gasteiger partial charge in [-0.05, 0) is 74.9 Å². The molecule has 0 saturated carbocycles. The summed E-state index contributed by atoms with van der Waals surface area (Å²) >= 11 is 0. The highest BCUT2D eigenvalue weighted by Crippen LogP contribution is 2.21. The molecule has 4 aromatic rings. The SMILES string of the molecule is CCCC[C@H](NC(=O)[C@H](Cc1ccc(OS(=O)(=O)O)cc1)NC(=O)C(CC(=O)O)NC(=O)OC(C)(C)C)C(=O)NCC(=O)N[C@H](Cc1c[nH]c2ccccc12)C(=O)N[C@@H](CCCC)C(=O)N[C@H](CC(=O)O)NC(=O)[C@@H](Cc1ccccc1)C(N)=O. The van der Waals surface area contributed by atoms with E-state index in [9.17, 15) is 71.4 Å². The van der Waals surface area contributed by atoms with Gasteiger partial charge in [0.2, 0.25) is 47.3 Å². The number of aromatic amines is 1. The molecule has 29 heteroatoms. The van der Waals surface area contributed by atoms with Crippen molar-refractivity contribution in [2.45, 2.75) is 147 Å². The number of ether oxygens (including phenoxy) is 1. The van der Waals surface area contributed by atoms with E-state index in [-0.39, 0.29) is 37.0 Å². The van der Waals surface area contributed by atoms with E-state index in [1.807, 2.05) is 6.92 Å². The molecule has 0 aliphatic heterocycles. The van der Waals surface area contributed by atoms with Crippen LogP contribution >= 0.6 is 0 Å². The number of fused-ring (bicyclic) bond motifs is 1. The third-order valence-electron chi connectivity index (χ3n) is 12.7. The molecule has 3 aromatic carbocycles. The molecule has 85 heavy (non-hydrogen) atoms. The number of nitrogens with two attached hydrogens (primary N) is 1. The molecule has 9 amide bonds. The molecule has 0 radical (unpaired) electrons. The molecule has 0 bridgehead atoms. The predicted molar refractivity (Wildman–Crippen MR) is 305 cm³/mol. The average Bonchev–Trinajstić information content (AvgIpc) is 3.56. The van der Waals surface area contributed by atoms with Gasteiger partial charge < -0.3 is 72.4 Å². The summed E-state index contributed by atoms with van der Waals surface area (Å²) in [4.78, 5) is 150. The Balaban J connectivity index is 1.58. The molecule has 14 N–H and O–H groups in total. The van der Waals surface area contributed by atoms with Crippen molar-refractivity contribution in [3.8, 4) is 5.75 Å². The summed E-state index contributed by atoms with van der Waals surface area (Å²) < 4.78 is 41.4. The average molecular weight is 1210 g/mol. The third kappa shape index (κ3) is 24.3. The Kier molecular flexibility index (Phi) is 26.3. The lowest BCUT2D eigenvalue weighted by atomic mass is 9.97. The zero-order valence-electron chi connectivity index (χ0n) is 47.6. The molecule has 0 aliphatic rings. The lowest BCUT2D eigenvalue weighted by Gasteiger charge is -2.27. The van der Waals surface area contributed by atoms with Crippen LogP contribution in [0.15, 0.2) is 85.1 Å². The van der Waals surface area contributed by atoms with Crippen molar-refractivity contribution in [1.29, 1.82) is 0 Å². The van der Waals surface area contributed by atoms with Gasteiger partial charge in [0.1, 0.15) is 53.6 Å². The van der Waals surface area contributed by atoms with E-state index in [1.54, 1.807) is 67.7 Å². The highest BCUT2D eigenvalue weighted by atomic mass is 32.3. The van der Waals surface area contributed by atoms with Crippen LogP contribution in [0.5, 0.6) is 5.75 Å². The second-order valence-corrected chi connectivity index (χ2v) is 21.9. The molecule has 4 rings (SSSR count). The maximum Gasteiger partial charge on any atom is 0.446 e. The highest BCUT2D eigenvalue weighted by Gasteiger charge is 2.35. The van der Waals surface area contributed by atoms with Gasteiger partial charge in [0.25, 0.3) is 0 Å². The van der Waals surface area contributed by atoms with Crippen molar-refractivity contribution in [3.63, 3.8) is 0 Å². The van der Waals surface area contributed by atoms with Crippen molar-refractivity contribution < 1.29 is 84.8 Å². The van der Waals surface area contributed by atoms with Gasteiger partial charge in [0, 0.05) is 29.9 Å². The number of carbonyl (C=O) groups excluding carboxylic acids is 9. The van der Waals surface area contributed by atoms with Crippen LogP contribution in [-0.2, 0) is 82.3 Å². The molecule has 0 aliphatic carbocycles. The van der Waals surface area contributed by atoms with Crippen molar-refractivity contribution >= 4 is 86.6 Å². The largest absolute Gasteiger partial charge is 0.481 e. The molecule has 0 spiro atoms. The zero-order chi connectivity index (χ0) is 63.0. The van der Waals surface area contributed by atoms with Gasteiger partial charge in [0.05, 0.1) is 19.4 Å². The van der Waals surface area contributed by atoms with Gasteiger partial charge in [-0.1, -0.05) is 100 Å². The van der Waals surface area contributed by atoms with Crippen molar-refractivity contribution in [2.75, 3.05) is 6.54 Å². The quantitative estimate of drug-likeness (QED) is 0.0178. The number of alkyl carbamates (subject to hydrolysis) is 1. The number of benzene rings is 3. The first-order valence-corrected chi connectivity index (χ1v) is 28.6. The van der Waals surface area contributed by atoms with Gasteiger partial charge >= 0.3 is 28.4 Å². The zero-order valence-corrected chi connectivity index (χ0v) is 48.4. The monoisotopic (exact) mass is 1210 g/mol. The van der Waals surface area contributed by atoms with Crippen LogP contribution in [0, 0.1) is 5.92 Å². The maximum absolute atomic E-state index is 14.4. The van der Waals surface area contributed by atoms with Crippen molar-refractivity contribution in [2.24, 2.45) is 11.7 Å². The summed E-state index contributed by atoms with van der Waals surface area (Å²) in [5.41, 5.74) is 6.57. The van der Waals surface area contributed by atoms with Crippen LogP contribution in [-0.4, -0.2) is 142 Å². The van der Waals surface area contributed by atoms with E-state index in [1.165, 1.54) is 32.9 Å². The van der Waals surface area contributed by atoms with Crippen LogP contribution in [0.1, 0.15) is 103 Å². The lowest BCUT2D eigenvalue weighted by Crippen LogP contribution is -2.59. The number of H-pyrrole nitrogens is 1. The Morgan fingerprint density at radius 3 is 1.67 bits per heavy atom. The van der Waals surface area contributed by atoms with E-state index in [0.29, 0.717) is 47.7 Å². The minimum atomic E-state index is -4.92. The summed E-state index contributed by atoms with van der Waals surface area (Å²) in [6, 6.07) is 12.6. The first-order valence-electron chi connectivity index (χ1n) is 27.2. The summed E-state index contributed by atoms with van der Waals surface area (Å²) in [6.45, 7) is 7.39. The summed E-state index contributed by atoms with van der Waals surface area (Å²) in [7, 11) is -4.92. The van der Waals surface area contributed by atoms with Gasteiger partial charge in [0.15, 0.2) is 0 Å². The minimum Gasteiger partial charge on any atom is -0.481 e. The molecule has 7 atom stereocenters. The lowest BCUT2D eigenvalue weighted by molar-refractivity contribution is -0.141. The number of hydrogen-bond donors (Lipinski definition) is 13. The Hall–Kier alpha value is -9.12. The van der Waals surface area contributed by atoms with Crippen LogP contribution < -0.4 is 52.5 Å². The van der Waals surface area contributed by atoms with E-state index in [2.05, 4.69) is 51.7 Å². The fraction of sp³-hybridized carbons (Fsp3) is 0.446. The van der Waals surface area contributed by atoms with E-state index < -0.39 is 149 Å². The molecule has 1 heterocycles. The number of amides is 9. The second kappa shape index (κ2) is 32.7. The topological polar surface area (TPSA) is 439 Å². The van der Waals surface area contributed by atoms with E-state index >= 15 is 0 Å². The van der Waals surface area contributed by atoms with E-state index in [4.69, 9.17) is 15.0 Å². The number of carboxylic acids is 2. The van der Waals surface area contributed by atoms with E-state index in [0.717, 1.165) is 12.1 Å². The first kappa shape index (κ1) is 68.4. The van der Waals surface area contributed by atoms with Gasteiger partial charge in [-0.3, -0.25) is 52.5 Å². The third-order valence-corrected chi connectivity index (χ3v) is 13.1. The fourth-order valence-corrected chi connectivity index (χ4v) is 8.90. The molecule has 0 saturated heterocycles. The molecule has 1 unspecified atom stereocenters. The number of aromatic nitrogens is 1. The van der Waals surface area contributed by atoms with Gasteiger partial charge in [-0.15, -0.1) is 0 Å². The number of unbranched alkanes of at least 4 members (excludes halogenated alkanes) is 2. The van der Waals surface area contributed by atoms with Crippen molar-refractivity contribution in [3.05, 3.63) is 102 Å². The van der Waals surface area contributed by atoms with Gasteiger partial charge in [-0.2, -0.15) is 8.42 Å². The number of nitrogens with one attached hydrogen (secondary N) is 9. The number of hydrogen-bond acceptors (Lipinski definition) is 15.